The van der Waals surface area contributed by atoms with Crippen molar-refractivity contribution in [1.82, 2.24) is 15.3 Å². The van der Waals surface area contributed by atoms with Gasteiger partial charge < -0.3 is 15.2 Å². The number of alkyl halides is 2. The highest BCUT2D eigenvalue weighted by Gasteiger charge is 2.39. The van der Waals surface area contributed by atoms with Crippen LogP contribution in [0.15, 0.2) is 66.0 Å². The van der Waals surface area contributed by atoms with Crippen molar-refractivity contribution in [3.05, 3.63) is 82.2 Å². The molecule has 1 aromatic heterocycles. The predicted octanol–water partition coefficient (Wildman–Crippen LogP) is 5.34. The molecule has 0 fully saturated rings. The van der Waals surface area contributed by atoms with Gasteiger partial charge in [0.25, 0.3) is 0 Å². The maximum absolute atomic E-state index is 15.0. The lowest BCUT2D eigenvalue weighted by molar-refractivity contribution is 0.0344. The molecule has 0 unspecified atom stereocenters. The standard InChI is InChI=1S/C22H12Cl2F2N6O3/c1-11-16(9-27)31-32(21(34)29-11)13-7-14(23)18(15(24)8-13)35-20-28-10-17(33)19(30-20)22(25,26)12-5-3-2-4-6-12/h2-8,10,33H,1H2,(H,29,34). The fourth-order valence-electron chi connectivity index (χ4n) is 2.99. The maximum atomic E-state index is 15.0. The Balaban J connectivity index is 1.68. The average molecular weight is 517 g/mol. The molecule has 9 nitrogen and oxygen atoms in total. The molecular formula is C22H12Cl2F2N6O3. The molecule has 1 aliphatic rings. The first-order valence-electron chi connectivity index (χ1n) is 9.57. The van der Waals surface area contributed by atoms with Crippen molar-refractivity contribution >= 4 is 40.6 Å². The van der Waals surface area contributed by atoms with E-state index in [0.29, 0.717) is 0 Å². The Morgan fingerprint density at radius 1 is 1.20 bits per heavy atom. The first-order chi connectivity index (χ1) is 16.6. The molecule has 2 amide bonds. The highest BCUT2D eigenvalue weighted by molar-refractivity contribution is 6.37. The minimum absolute atomic E-state index is 0.0264. The van der Waals surface area contributed by atoms with Crippen molar-refractivity contribution in [3.63, 3.8) is 0 Å². The van der Waals surface area contributed by atoms with E-state index in [0.717, 1.165) is 11.2 Å². The van der Waals surface area contributed by atoms with Crippen LogP contribution < -0.4 is 15.1 Å². The summed E-state index contributed by atoms with van der Waals surface area (Å²) in [5.41, 5.74) is -1.42. The van der Waals surface area contributed by atoms with Crippen molar-refractivity contribution in [1.29, 1.82) is 5.26 Å². The van der Waals surface area contributed by atoms with E-state index in [9.17, 15) is 18.7 Å². The summed E-state index contributed by atoms with van der Waals surface area (Å²) >= 11 is 12.5. The SMILES string of the molecule is C=C1NC(=O)N(c2cc(Cl)c(Oc3ncc(O)c(C(F)(F)c4ccccc4)n3)c(Cl)c2)N=C1C#N. The number of nitrogens with zero attached hydrogens (tertiary/aromatic N) is 5. The minimum Gasteiger partial charge on any atom is -0.504 e. The Morgan fingerprint density at radius 2 is 1.86 bits per heavy atom. The molecule has 2 aromatic carbocycles. The summed E-state index contributed by atoms with van der Waals surface area (Å²) in [5.74, 6) is -4.71. The van der Waals surface area contributed by atoms with E-state index in [1.54, 1.807) is 12.1 Å². The van der Waals surface area contributed by atoms with Gasteiger partial charge in [0.1, 0.15) is 6.07 Å². The quantitative estimate of drug-likeness (QED) is 0.471. The Kier molecular flexibility index (Phi) is 6.26. The highest BCUT2D eigenvalue weighted by Crippen LogP contribution is 2.42. The molecule has 0 bridgehead atoms. The number of nitrogens with one attached hydrogen (secondary N) is 1. The molecule has 4 rings (SSSR count). The number of halogens is 4. The number of hydrogen-bond donors (Lipinski definition) is 2. The monoisotopic (exact) mass is 516 g/mol. The van der Waals surface area contributed by atoms with E-state index in [2.05, 4.69) is 27.0 Å². The number of aromatic nitrogens is 2. The van der Waals surface area contributed by atoms with Crippen LogP contribution >= 0.6 is 23.2 Å². The van der Waals surface area contributed by atoms with Crippen LogP contribution in [0.2, 0.25) is 10.0 Å². The van der Waals surface area contributed by atoms with Crippen LogP contribution in [0.3, 0.4) is 0 Å². The first-order valence-corrected chi connectivity index (χ1v) is 10.3. The second kappa shape index (κ2) is 9.17. The zero-order chi connectivity index (χ0) is 25.3. The van der Waals surface area contributed by atoms with Crippen molar-refractivity contribution in [2.45, 2.75) is 5.92 Å². The summed E-state index contributed by atoms with van der Waals surface area (Å²) in [4.78, 5) is 19.6. The molecule has 176 valence electrons. The van der Waals surface area contributed by atoms with Crippen LogP contribution in [-0.4, -0.2) is 26.8 Å². The van der Waals surface area contributed by atoms with E-state index >= 15 is 0 Å². The number of anilines is 1. The molecule has 2 N–H and O–H groups in total. The highest BCUT2D eigenvalue weighted by atomic mass is 35.5. The number of benzene rings is 2. The lowest BCUT2D eigenvalue weighted by Gasteiger charge is -2.24. The Hall–Kier alpha value is -4.27. The zero-order valence-corrected chi connectivity index (χ0v) is 18.8. The molecular weight excluding hydrogens is 505 g/mol. The number of amides is 2. The second-order valence-electron chi connectivity index (χ2n) is 6.95. The lowest BCUT2D eigenvalue weighted by Crippen LogP contribution is -2.42. The molecule has 0 atom stereocenters. The number of carbonyl (C=O) groups excluding carboxylic acids is 1. The van der Waals surface area contributed by atoms with Crippen molar-refractivity contribution in [2.75, 3.05) is 5.01 Å². The van der Waals surface area contributed by atoms with Crippen LogP contribution in [0, 0.1) is 11.3 Å². The summed E-state index contributed by atoms with van der Waals surface area (Å²) in [7, 11) is 0. The van der Waals surface area contributed by atoms with Crippen LogP contribution in [0.25, 0.3) is 0 Å². The number of carbonyl (C=O) groups is 1. The fourth-order valence-corrected chi connectivity index (χ4v) is 3.55. The third-order valence-electron chi connectivity index (χ3n) is 4.64. The molecule has 0 saturated carbocycles. The van der Waals surface area contributed by atoms with Gasteiger partial charge >= 0.3 is 18.0 Å². The van der Waals surface area contributed by atoms with E-state index in [1.165, 1.54) is 36.4 Å². The zero-order valence-electron chi connectivity index (χ0n) is 17.3. The van der Waals surface area contributed by atoms with Crippen LogP contribution in [0.5, 0.6) is 17.5 Å². The van der Waals surface area contributed by atoms with Crippen molar-refractivity contribution < 1.29 is 23.4 Å². The van der Waals surface area contributed by atoms with Gasteiger partial charge in [0.05, 0.1) is 27.6 Å². The summed E-state index contributed by atoms with van der Waals surface area (Å²) < 4.78 is 35.4. The number of aromatic hydroxyl groups is 1. The summed E-state index contributed by atoms with van der Waals surface area (Å²) in [5, 5.41) is 25.9. The number of nitriles is 1. The average Bonchev–Trinajstić information content (AvgIpc) is 2.83. The molecule has 1 aliphatic heterocycles. The first kappa shape index (κ1) is 23.9. The van der Waals surface area contributed by atoms with Gasteiger partial charge in [-0.15, -0.1) is 0 Å². The van der Waals surface area contributed by atoms with Crippen molar-refractivity contribution in [3.8, 4) is 23.6 Å². The molecule has 35 heavy (non-hydrogen) atoms. The second-order valence-corrected chi connectivity index (χ2v) is 7.76. The van der Waals surface area contributed by atoms with Crippen LogP contribution in [0.1, 0.15) is 11.3 Å². The van der Waals surface area contributed by atoms with Gasteiger partial charge in [-0.2, -0.15) is 34.1 Å². The number of hydrazone groups is 1. The molecule has 13 heteroatoms. The van der Waals surface area contributed by atoms with Crippen LogP contribution in [0.4, 0.5) is 19.3 Å². The van der Waals surface area contributed by atoms with E-state index < -0.39 is 35.0 Å². The molecule has 0 aliphatic carbocycles. The van der Waals surface area contributed by atoms with Gasteiger partial charge in [0, 0.05) is 5.56 Å². The molecule has 0 radical (unpaired) electrons. The number of urea groups is 1. The fraction of sp³-hybridized carbons (Fsp3) is 0.0455. The largest absolute Gasteiger partial charge is 0.504 e. The van der Waals surface area contributed by atoms with Gasteiger partial charge in [-0.05, 0) is 12.1 Å². The van der Waals surface area contributed by atoms with Crippen LogP contribution in [-0.2, 0) is 5.92 Å². The molecule has 0 saturated heterocycles. The Morgan fingerprint density at radius 3 is 2.49 bits per heavy atom. The Labute approximate surface area is 206 Å². The van der Waals surface area contributed by atoms with Crippen molar-refractivity contribution in [2.24, 2.45) is 5.10 Å². The summed E-state index contributed by atoms with van der Waals surface area (Å²) in [6, 6.07) is 9.76. The number of ether oxygens (including phenoxy) is 1. The third-order valence-corrected chi connectivity index (χ3v) is 5.21. The molecule has 3 aromatic rings. The van der Waals surface area contributed by atoms with Gasteiger partial charge in [0.2, 0.25) is 0 Å². The number of allylic oxidation sites excluding steroid dienone is 1. The lowest BCUT2D eigenvalue weighted by atomic mass is 10.1. The normalized spacial score (nSPS) is 13.7. The minimum atomic E-state index is -3.66. The van der Waals surface area contributed by atoms with E-state index in [4.69, 9.17) is 33.2 Å². The van der Waals surface area contributed by atoms with Gasteiger partial charge in [0.15, 0.2) is 22.9 Å². The topological polar surface area (TPSA) is 124 Å². The maximum Gasteiger partial charge on any atom is 0.347 e. The van der Waals surface area contributed by atoms with E-state index in [-0.39, 0.29) is 32.9 Å². The molecule has 2 heterocycles. The Bertz CT molecular complexity index is 1400. The summed E-state index contributed by atoms with van der Waals surface area (Å²) in [6.45, 7) is 3.52. The van der Waals surface area contributed by atoms with Gasteiger partial charge in [-0.1, -0.05) is 60.1 Å². The van der Waals surface area contributed by atoms with Gasteiger partial charge in [-0.3, -0.25) is 0 Å². The predicted molar refractivity (Wildman–Crippen MR) is 123 cm³/mol. The summed E-state index contributed by atoms with van der Waals surface area (Å²) in [6.07, 6.45) is 0.758. The van der Waals surface area contributed by atoms with Gasteiger partial charge in [-0.25, -0.2) is 4.79 Å². The molecule has 0 spiro atoms. The number of rotatable bonds is 5. The third kappa shape index (κ3) is 4.57. The van der Waals surface area contributed by atoms with E-state index in [1.807, 2.05) is 0 Å². The number of hydrogen-bond acceptors (Lipinski definition) is 7. The smallest absolute Gasteiger partial charge is 0.347 e.